The van der Waals surface area contributed by atoms with E-state index >= 15 is 0 Å². The van der Waals surface area contributed by atoms with Crippen molar-refractivity contribution in [2.45, 2.75) is 25.9 Å². The van der Waals surface area contributed by atoms with Crippen molar-refractivity contribution in [2.24, 2.45) is 15.4 Å². The minimum absolute atomic E-state index is 0.272. The Morgan fingerprint density at radius 3 is 1.79 bits per heavy atom. The molecule has 0 aromatic rings. The van der Waals surface area contributed by atoms with Crippen molar-refractivity contribution in [3.63, 3.8) is 0 Å². The van der Waals surface area contributed by atoms with Gasteiger partial charge in [0.25, 0.3) is 0 Å². The molecule has 2 atom stereocenters. The fourth-order valence-corrected chi connectivity index (χ4v) is 3.27. The van der Waals surface area contributed by atoms with Crippen molar-refractivity contribution in [2.75, 3.05) is 37.2 Å². The third-order valence-electron chi connectivity index (χ3n) is 3.21. The van der Waals surface area contributed by atoms with Crippen LogP contribution in [0.5, 0.6) is 0 Å². The van der Waals surface area contributed by atoms with E-state index in [-0.39, 0.29) is 17.5 Å². The minimum Gasteiger partial charge on any atom is -0.478 e. The molecule has 0 aromatic heterocycles. The second-order valence-corrected chi connectivity index (χ2v) is 7.16. The molecular formula is C13H22N2O2S2. The molecule has 2 rings (SSSR count). The van der Waals surface area contributed by atoms with E-state index in [0.717, 1.165) is 23.3 Å². The van der Waals surface area contributed by atoms with Crippen molar-refractivity contribution in [1.29, 1.82) is 0 Å². The standard InChI is InChI=1S/C13H22N2O2S2/c1-13(2,11-14-9(5-16-11)7-18-3)12-15-10(6-17-12)8-19-4/h9-10H,5-8H2,1-4H3/t9-,10-/m0/s1. The monoisotopic (exact) mass is 302 g/mol. The van der Waals surface area contributed by atoms with Gasteiger partial charge in [-0.1, -0.05) is 0 Å². The van der Waals surface area contributed by atoms with E-state index < -0.39 is 0 Å². The zero-order valence-electron chi connectivity index (χ0n) is 12.0. The van der Waals surface area contributed by atoms with Gasteiger partial charge in [0.05, 0.1) is 12.1 Å². The predicted octanol–water partition coefficient (Wildman–Crippen LogP) is 2.33. The van der Waals surface area contributed by atoms with E-state index in [1.54, 1.807) is 23.5 Å². The van der Waals surface area contributed by atoms with Gasteiger partial charge in [-0.2, -0.15) is 23.5 Å². The molecule has 2 aliphatic heterocycles. The fraction of sp³-hybridized carbons (Fsp3) is 0.846. The smallest absolute Gasteiger partial charge is 0.199 e. The second kappa shape index (κ2) is 6.39. The first-order valence-electron chi connectivity index (χ1n) is 6.48. The molecule has 0 fully saturated rings. The highest BCUT2D eigenvalue weighted by Gasteiger charge is 2.41. The molecule has 19 heavy (non-hydrogen) atoms. The first-order chi connectivity index (χ1) is 9.07. The van der Waals surface area contributed by atoms with E-state index in [9.17, 15) is 0 Å². The Morgan fingerprint density at radius 2 is 1.42 bits per heavy atom. The number of rotatable bonds is 6. The summed E-state index contributed by atoms with van der Waals surface area (Å²) in [5.41, 5.74) is -0.347. The van der Waals surface area contributed by atoms with Crippen molar-refractivity contribution < 1.29 is 9.47 Å². The molecule has 108 valence electrons. The van der Waals surface area contributed by atoms with Gasteiger partial charge in [0.15, 0.2) is 11.8 Å². The van der Waals surface area contributed by atoms with E-state index in [1.165, 1.54) is 0 Å². The lowest BCUT2D eigenvalue weighted by atomic mass is 9.93. The topological polar surface area (TPSA) is 43.2 Å². The van der Waals surface area contributed by atoms with Gasteiger partial charge in [-0.3, -0.25) is 0 Å². The molecule has 4 nitrogen and oxygen atoms in total. The summed E-state index contributed by atoms with van der Waals surface area (Å²) in [5.74, 6) is 3.55. The summed E-state index contributed by atoms with van der Waals surface area (Å²) in [4.78, 5) is 9.35. The molecule has 0 amide bonds. The van der Waals surface area contributed by atoms with Gasteiger partial charge in [0, 0.05) is 11.5 Å². The first-order valence-corrected chi connectivity index (χ1v) is 9.26. The van der Waals surface area contributed by atoms with Crippen LogP contribution in [0, 0.1) is 5.41 Å². The molecule has 0 saturated carbocycles. The lowest BCUT2D eigenvalue weighted by Crippen LogP contribution is -2.34. The number of hydrogen-bond donors (Lipinski definition) is 0. The third kappa shape index (κ3) is 3.40. The molecule has 0 aromatic carbocycles. The lowest BCUT2D eigenvalue weighted by Gasteiger charge is -2.22. The molecule has 0 aliphatic carbocycles. The number of aliphatic imine (C=N–C) groups is 2. The van der Waals surface area contributed by atoms with Crippen molar-refractivity contribution >= 4 is 35.3 Å². The summed E-state index contributed by atoms with van der Waals surface area (Å²) in [5, 5.41) is 0. The zero-order valence-corrected chi connectivity index (χ0v) is 13.6. The SMILES string of the molecule is CSC[C@@H]1COC(C(C)(C)C2=N[C@H](CSC)CO2)=N1. The van der Waals surface area contributed by atoms with Crippen LogP contribution in [-0.4, -0.2) is 61.1 Å². The molecule has 0 unspecified atom stereocenters. The lowest BCUT2D eigenvalue weighted by molar-refractivity contribution is 0.268. The van der Waals surface area contributed by atoms with Gasteiger partial charge in [-0.25, -0.2) is 9.98 Å². The zero-order chi connectivity index (χ0) is 13.9. The van der Waals surface area contributed by atoms with E-state index in [0.29, 0.717) is 13.2 Å². The summed E-state index contributed by atoms with van der Waals surface area (Å²) in [7, 11) is 0. The van der Waals surface area contributed by atoms with Crippen LogP contribution in [0.3, 0.4) is 0 Å². The summed E-state index contributed by atoms with van der Waals surface area (Å²) in [6, 6.07) is 0.543. The molecule has 2 aliphatic rings. The maximum absolute atomic E-state index is 5.76. The Balaban J connectivity index is 2.06. The molecular weight excluding hydrogens is 280 g/mol. The number of nitrogens with zero attached hydrogens (tertiary/aromatic N) is 2. The average molecular weight is 302 g/mol. The Kier molecular flexibility index (Phi) is 5.06. The molecule has 0 bridgehead atoms. The highest BCUT2D eigenvalue weighted by Crippen LogP contribution is 2.29. The van der Waals surface area contributed by atoms with Crippen LogP contribution in [0.1, 0.15) is 13.8 Å². The minimum atomic E-state index is -0.347. The van der Waals surface area contributed by atoms with Crippen LogP contribution in [0.2, 0.25) is 0 Å². The van der Waals surface area contributed by atoms with Crippen molar-refractivity contribution in [1.82, 2.24) is 0 Å². The highest BCUT2D eigenvalue weighted by atomic mass is 32.2. The predicted molar refractivity (Wildman–Crippen MR) is 84.9 cm³/mol. The Labute approximate surface area is 123 Å². The van der Waals surface area contributed by atoms with Crippen LogP contribution >= 0.6 is 23.5 Å². The summed E-state index contributed by atoms with van der Waals surface area (Å²) >= 11 is 3.60. The Hall–Kier alpha value is -0.360. The summed E-state index contributed by atoms with van der Waals surface area (Å²) < 4.78 is 11.5. The van der Waals surface area contributed by atoms with E-state index in [1.807, 2.05) is 0 Å². The molecule has 0 radical (unpaired) electrons. The molecule has 0 N–H and O–H groups in total. The van der Waals surface area contributed by atoms with Crippen LogP contribution in [0.25, 0.3) is 0 Å². The van der Waals surface area contributed by atoms with Crippen molar-refractivity contribution in [3.8, 4) is 0 Å². The maximum atomic E-state index is 5.76. The Bertz CT molecular complexity index is 349. The molecule has 0 saturated heterocycles. The molecule has 2 heterocycles. The number of thioether (sulfide) groups is 2. The van der Waals surface area contributed by atoms with E-state index in [4.69, 9.17) is 9.47 Å². The third-order valence-corrected chi connectivity index (χ3v) is 4.65. The number of hydrogen-bond acceptors (Lipinski definition) is 6. The largest absolute Gasteiger partial charge is 0.478 e. The van der Waals surface area contributed by atoms with Gasteiger partial charge in [0.2, 0.25) is 0 Å². The fourth-order valence-electron chi connectivity index (χ4n) is 2.16. The quantitative estimate of drug-likeness (QED) is 0.755. The van der Waals surface area contributed by atoms with Crippen LogP contribution in [-0.2, 0) is 9.47 Å². The van der Waals surface area contributed by atoms with Crippen LogP contribution < -0.4 is 0 Å². The highest BCUT2D eigenvalue weighted by molar-refractivity contribution is 7.98. The van der Waals surface area contributed by atoms with E-state index in [2.05, 4.69) is 36.3 Å². The summed E-state index contributed by atoms with van der Waals surface area (Å²) in [6.45, 7) is 5.52. The molecule has 6 heteroatoms. The average Bonchev–Trinajstić information content (AvgIpc) is 2.99. The second-order valence-electron chi connectivity index (χ2n) is 5.33. The molecule has 0 spiro atoms. The summed E-state index contributed by atoms with van der Waals surface area (Å²) in [6.07, 6.45) is 4.19. The number of ether oxygens (including phenoxy) is 2. The van der Waals surface area contributed by atoms with Gasteiger partial charge in [-0.05, 0) is 26.4 Å². The van der Waals surface area contributed by atoms with Gasteiger partial charge in [0.1, 0.15) is 18.6 Å². The first kappa shape index (κ1) is 15.0. The van der Waals surface area contributed by atoms with Gasteiger partial charge in [-0.15, -0.1) is 0 Å². The van der Waals surface area contributed by atoms with Gasteiger partial charge < -0.3 is 9.47 Å². The normalized spacial score (nSPS) is 26.7. The van der Waals surface area contributed by atoms with Crippen molar-refractivity contribution in [3.05, 3.63) is 0 Å². The van der Waals surface area contributed by atoms with Gasteiger partial charge >= 0.3 is 0 Å². The van der Waals surface area contributed by atoms with Crippen LogP contribution in [0.15, 0.2) is 9.98 Å². The Morgan fingerprint density at radius 1 is 1.00 bits per heavy atom. The maximum Gasteiger partial charge on any atom is 0.199 e. The van der Waals surface area contributed by atoms with Crippen LogP contribution in [0.4, 0.5) is 0 Å².